The normalized spacial score (nSPS) is 11.2. The molecule has 0 radical (unpaired) electrons. The monoisotopic (exact) mass is 482 g/mol. The van der Waals surface area contributed by atoms with Crippen molar-refractivity contribution in [2.24, 2.45) is 0 Å². The number of hydrogen-bond donors (Lipinski definition) is 1. The molecule has 0 spiro atoms. The maximum atomic E-state index is 12.5. The van der Waals surface area contributed by atoms with E-state index in [-0.39, 0.29) is 17.5 Å². The van der Waals surface area contributed by atoms with Gasteiger partial charge in [-0.1, -0.05) is 59.1 Å². The molecule has 0 atom stereocenters. The Kier molecular flexibility index (Phi) is 6.93. The zero-order chi connectivity index (χ0) is 21.9. The van der Waals surface area contributed by atoms with Crippen molar-refractivity contribution in [2.75, 3.05) is 15.9 Å². The van der Waals surface area contributed by atoms with E-state index < -0.39 is 10.0 Å². The van der Waals surface area contributed by atoms with Gasteiger partial charge in [-0.2, -0.15) is 0 Å². The second-order valence-corrected chi connectivity index (χ2v) is 9.63. The highest BCUT2D eigenvalue weighted by Gasteiger charge is 2.18. The van der Waals surface area contributed by atoms with Crippen LogP contribution in [0.25, 0.3) is 0 Å². The highest BCUT2D eigenvalue weighted by atomic mass is 35.5. The van der Waals surface area contributed by atoms with E-state index in [2.05, 4.69) is 5.32 Å². The van der Waals surface area contributed by atoms with Gasteiger partial charge >= 0.3 is 0 Å². The molecule has 5 nitrogen and oxygen atoms in total. The molecule has 0 bridgehead atoms. The number of anilines is 2. The third-order valence-electron chi connectivity index (χ3n) is 4.24. The van der Waals surface area contributed by atoms with Crippen LogP contribution in [0, 0.1) is 0 Å². The number of nitrogens with zero attached hydrogens (tertiary/aromatic N) is 1. The topological polar surface area (TPSA) is 66.5 Å². The lowest BCUT2D eigenvalue weighted by molar-refractivity contribution is 0.102. The lowest BCUT2D eigenvalue weighted by Gasteiger charge is -2.22. The van der Waals surface area contributed by atoms with Crippen LogP contribution >= 0.6 is 34.8 Å². The SMILES string of the molecule is CS(=O)(=O)N(Cc1ccc(C(=O)Nc2cccc(Cl)c2Cl)cc1)c1cccc(Cl)c1. The van der Waals surface area contributed by atoms with Gasteiger partial charge in [-0.05, 0) is 48.0 Å². The first-order valence-corrected chi connectivity index (χ1v) is 11.7. The summed E-state index contributed by atoms with van der Waals surface area (Å²) in [6, 6.07) is 18.2. The second kappa shape index (κ2) is 9.27. The zero-order valence-corrected chi connectivity index (χ0v) is 18.9. The molecule has 156 valence electrons. The molecule has 3 aromatic carbocycles. The number of amides is 1. The molecule has 0 heterocycles. The molecule has 30 heavy (non-hydrogen) atoms. The highest BCUT2D eigenvalue weighted by molar-refractivity contribution is 7.92. The first-order valence-electron chi connectivity index (χ1n) is 8.73. The molecule has 0 saturated heterocycles. The number of nitrogens with one attached hydrogen (secondary N) is 1. The minimum absolute atomic E-state index is 0.0984. The van der Waals surface area contributed by atoms with Crippen LogP contribution in [0.5, 0.6) is 0 Å². The molecule has 0 aromatic heterocycles. The first kappa shape index (κ1) is 22.4. The van der Waals surface area contributed by atoms with E-state index in [0.29, 0.717) is 32.5 Å². The summed E-state index contributed by atoms with van der Waals surface area (Å²) in [5, 5.41) is 3.74. The lowest BCUT2D eigenvalue weighted by atomic mass is 10.1. The van der Waals surface area contributed by atoms with E-state index >= 15 is 0 Å². The van der Waals surface area contributed by atoms with Gasteiger partial charge in [-0.3, -0.25) is 9.10 Å². The summed E-state index contributed by atoms with van der Waals surface area (Å²) in [4.78, 5) is 12.5. The summed E-state index contributed by atoms with van der Waals surface area (Å²) in [7, 11) is -3.54. The smallest absolute Gasteiger partial charge is 0.255 e. The maximum Gasteiger partial charge on any atom is 0.255 e. The molecule has 0 saturated carbocycles. The van der Waals surface area contributed by atoms with Crippen molar-refractivity contribution >= 4 is 62.1 Å². The molecule has 0 fully saturated rings. The van der Waals surface area contributed by atoms with Crippen LogP contribution in [0.4, 0.5) is 11.4 Å². The Morgan fingerprint density at radius 1 is 0.967 bits per heavy atom. The summed E-state index contributed by atoms with van der Waals surface area (Å²) < 4.78 is 25.8. The van der Waals surface area contributed by atoms with Crippen LogP contribution in [0.1, 0.15) is 15.9 Å². The van der Waals surface area contributed by atoms with Crippen LogP contribution in [0.2, 0.25) is 15.1 Å². The molecular weight excluding hydrogens is 467 g/mol. The minimum Gasteiger partial charge on any atom is -0.321 e. The van der Waals surface area contributed by atoms with Gasteiger partial charge in [0.2, 0.25) is 10.0 Å². The average Bonchev–Trinajstić information content (AvgIpc) is 2.69. The highest BCUT2D eigenvalue weighted by Crippen LogP contribution is 2.30. The van der Waals surface area contributed by atoms with Crippen LogP contribution in [-0.4, -0.2) is 20.6 Å². The van der Waals surface area contributed by atoms with Gasteiger partial charge in [0.25, 0.3) is 5.91 Å². The van der Waals surface area contributed by atoms with E-state index in [1.54, 1.807) is 66.7 Å². The van der Waals surface area contributed by atoms with Crippen molar-refractivity contribution in [1.29, 1.82) is 0 Å². The molecule has 0 aliphatic carbocycles. The summed E-state index contributed by atoms with van der Waals surface area (Å²) in [6.45, 7) is 0.0984. The molecule has 0 aliphatic heterocycles. The van der Waals surface area contributed by atoms with Gasteiger partial charge in [-0.25, -0.2) is 8.42 Å². The summed E-state index contributed by atoms with van der Waals surface area (Å²) in [5.74, 6) is -0.361. The van der Waals surface area contributed by atoms with Crippen molar-refractivity contribution in [1.82, 2.24) is 0 Å². The van der Waals surface area contributed by atoms with Gasteiger partial charge < -0.3 is 5.32 Å². The number of sulfonamides is 1. The Balaban J connectivity index is 1.78. The molecule has 1 N–H and O–H groups in total. The Hall–Kier alpha value is -2.25. The fourth-order valence-electron chi connectivity index (χ4n) is 2.75. The van der Waals surface area contributed by atoms with E-state index in [4.69, 9.17) is 34.8 Å². The first-order chi connectivity index (χ1) is 14.1. The van der Waals surface area contributed by atoms with E-state index in [1.165, 1.54) is 4.31 Å². The summed E-state index contributed by atoms with van der Waals surface area (Å²) in [5.41, 5.74) is 1.96. The Morgan fingerprint density at radius 2 is 1.63 bits per heavy atom. The molecule has 9 heteroatoms. The molecule has 3 aromatic rings. The molecule has 0 aliphatic rings. The third kappa shape index (κ3) is 5.46. The molecular formula is C21H17Cl3N2O3S. The van der Waals surface area contributed by atoms with Crippen molar-refractivity contribution in [2.45, 2.75) is 6.54 Å². The van der Waals surface area contributed by atoms with Crippen molar-refractivity contribution < 1.29 is 13.2 Å². The fraction of sp³-hybridized carbons (Fsp3) is 0.0952. The van der Waals surface area contributed by atoms with Crippen molar-refractivity contribution in [3.63, 3.8) is 0 Å². The van der Waals surface area contributed by atoms with Crippen LogP contribution in [-0.2, 0) is 16.6 Å². The number of benzene rings is 3. The molecule has 1 amide bonds. The van der Waals surface area contributed by atoms with E-state index in [9.17, 15) is 13.2 Å². The largest absolute Gasteiger partial charge is 0.321 e. The maximum absolute atomic E-state index is 12.5. The Labute approximate surface area is 190 Å². The van der Waals surface area contributed by atoms with Crippen LogP contribution < -0.4 is 9.62 Å². The number of rotatable bonds is 6. The van der Waals surface area contributed by atoms with Crippen LogP contribution in [0.15, 0.2) is 66.7 Å². The zero-order valence-electron chi connectivity index (χ0n) is 15.8. The lowest BCUT2D eigenvalue weighted by Crippen LogP contribution is -2.29. The van der Waals surface area contributed by atoms with E-state index in [1.807, 2.05) is 0 Å². The number of carbonyl (C=O) groups excluding carboxylic acids is 1. The van der Waals surface area contributed by atoms with Gasteiger partial charge in [0.05, 0.1) is 34.2 Å². The van der Waals surface area contributed by atoms with Gasteiger partial charge in [0.1, 0.15) is 0 Å². The third-order valence-corrected chi connectivity index (χ3v) is 6.43. The summed E-state index contributed by atoms with van der Waals surface area (Å²) >= 11 is 18.1. The van der Waals surface area contributed by atoms with Gasteiger partial charge in [0, 0.05) is 10.6 Å². The molecule has 0 unspecified atom stereocenters. The number of halogens is 3. The minimum atomic E-state index is -3.54. The number of carbonyl (C=O) groups is 1. The average molecular weight is 484 g/mol. The predicted molar refractivity (Wildman–Crippen MR) is 123 cm³/mol. The van der Waals surface area contributed by atoms with Gasteiger partial charge in [0.15, 0.2) is 0 Å². The standard InChI is InChI=1S/C21H17Cl3N2O3S/c1-30(28,29)26(17-5-2-4-16(22)12-17)13-14-8-10-15(11-9-14)21(27)25-19-7-3-6-18(23)20(19)24/h2-12H,13H2,1H3,(H,25,27). The Morgan fingerprint density at radius 3 is 2.27 bits per heavy atom. The molecule has 3 rings (SSSR count). The number of hydrogen-bond acceptors (Lipinski definition) is 3. The predicted octanol–water partition coefficient (Wildman–Crippen LogP) is 5.87. The van der Waals surface area contributed by atoms with Crippen molar-refractivity contribution in [3.05, 3.63) is 92.9 Å². The Bertz CT molecular complexity index is 1180. The second-order valence-electron chi connectivity index (χ2n) is 6.50. The fourth-order valence-corrected chi connectivity index (χ4v) is 4.17. The quantitative estimate of drug-likeness (QED) is 0.477. The van der Waals surface area contributed by atoms with Gasteiger partial charge in [-0.15, -0.1) is 0 Å². The van der Waals surface area contributed by atoms with E-state index in [0.717, 1.165) is 6.26 Å². The van der Waals surface area contributed by atoms with Crippen LogP contribution in [0.3, 0.4) is 0 Å². The van der Waals surface area contributed by atoms with Crippen molar-refractivity contribution in [3.8, 4) is 0 Å². The summed E-state index contributed by atoms with van der Waals surface area (Å²) in [6.07, 6.45) is 1.13.